The van der Waals surface area contributed by atoms with Crippen LogP contribution in [0.5, 0.6) is 5.75 Å². The van der Waals surface area contributed by atoms with Crippen LogP contribution in [-0.2, 0) is 10.2 Å². The third-order valence-corrected chi connectivity index (χ3v) is 7.68. The Labute approximate surface area is 212 Å². The minimum Gasteiger partial charge on any atom is -0.493 e. The minimum atomic E-state index is -4.90. The summed E-state index contributed by atoms with van der Waals surface area (Å²) in [5, 5.41) is 5.11. The summed E-state index contributed by atoms with van der Waals surface area (Å²) in [4.78, 5) is 16.9. The van der Waals surface area contributed by atoms with Crippen molar-refractivity contribution >= 4 is 43.1 Å². The molecule has 5 aromatic rings. The first kappa shape index (κ1) is 23.3. The molecular weight excluding hydrogens is 493 g/mol. The number of fused-ring (bicyclic) bond motifs is 4. The number of benzene rings is 3. The normalized spacial score (nSPS) is 14.2. The van der Waals surface area contributed by atoms with Gasteiger partial charge in [0.2, 0.25) is 0 Å². The molecule has 1 fully saturated rings. The van der Waals surface area contributed by atoms with Crippen LogP contribution in [0.15, 0.2) is 64.3 Å². The highest BCUT2D eigenvalue weighted by Gasteiger charge is 2.26. The van der Waals surface area contributed by atoms with Gasteiger partial charge in [-0.05, 0) is 48.9 Å². The second-order valence-corrected chi connectivity index (χ2v) is 10.4. The molecule has 3 aromatic carbocycles. The lowest BCUT2D eigenvalue weighted by Gasteiger charge is -2.32. The predicted molar refractivity (Wildman–Crippen MR) is 142 cm³/mol. The maximum atomic E-state index is 13.9. The van der Waals surface area contributed by atoms with Gasteiger partial charge in [-0.2, -0.15) is 8.42 Å². The van der Waals surface area contributed by atoms with E-state index in [0.717, 1.165) is 24.0 Å². The van der Waals surface area contributed by atoms with Crippen molar-refractivity contribution in [2.24, 2.45) is 0 Å². The summed E-state index contributed by atoms with van der Waals surface area (Å²) in [6.45, 7) is 3.58. The number of rotatable bonds is 5. The first-order chi connectivity index (χ1) is 17.8. The number of pyridine rings is 1. The minimum absolute atomic E-state index is 0.0779. The van der Waals surface area contributed by atoms with Crippen LogP contribution in [0.1, 0.15) is 18.5 Å². The number of hydrogen-bond acceptors (Lipinski definition) is 5. The average molecular weight is 516 g/mol. The summed E-state index contributed by atoms with van der Waals surface area (Å²) in [6, 6.07) is 14.8. The van der Waals surface area contributed by atoms with Gasteiger partial charge in [0.25, 0.3) is 0 Å². The van der Waals surface area contributed by atoms with Crippen molar-refractivity contribution in [3.63, 3.8) is 0 Å². The zero-order chi connectivity index (χ0) is 25.9. The quantitative estimate of drug-likeness (QED) is 0.266. The number of terminal acetylenes is 1. The third kappa shape index (κ3) is 3.68. The second-order valence-electron chi connectivity index (χ2n) is 9.03. The molecule has 0 unspecified atom stereocenters. The third-order valence-electron chi connectivity index (χ3n) is 6.87. The summed E-state index contributed by atoms with van der Waals surface area (Å²) in [5.41, 5.74) is 3.70. The number of nitrogens with one attached hydrogen (secondary N) is 2. The van der Waals surface area contributed by atoms with Crippen molar-refractivity contribution in [2.45, 2.75) is 17.9 Å². The van der Waals surface area contributed by atoms with Gasteiger partial charge in [-0.25, -0.2) is 0 Å². The Balaban J connectivity index is 1.74. The van der Waals surface area contributed by atoms with E-state index < -0.39 is 15.1 Å². The maximum absolute atomic E-state index is 13.9. The van der Waals surface area contributed by atoms with E-state index in [1.54, 1.807) is 12.1 Å². The molecule has 6 rings (SSSR count). The topological polar surface area (TPSA) is 93.2 Å². The highest BCUT2D eigenvalue weighted by atomic mass is 32.3. The Kier molecular flexibility index (Phi) is 5.33. The van der Waals surface area contributed by atoms with E-state index in [1.807, 2.05) is 31.2 Å². The maximum Gasteiger partial charge on any atom is 0.332 e. The molecule has 0 radical (unpaired) electrons. The fraction of sp³-hybridized carbons (Fsp3) is 0.179. The summed E-state index contributed by atoms with van der Waals surface area (Å²) in [7, 11) is -4.90. The lowest BCUT2D eigenvalue weighted by atomic mass is 9.99. The lowest BCUT2D eigenvalue weighted by molar-refractivity contribution is 0.341. The zero-order valence-corrected chi connectivity index (χ0v) is 20.7. The van der Waals surface area contributed by atoms with E-state index in [4.69, 9.17) is 11.2 Å². The molecule has 7 nitrogen and oxygen atoms in total. The Morgan fingerprint density at radius 3 is 2.62 bits per heavy atom. The van der Waals surface area contributed by atoms with Gasteiger partial charge in [0.1, 0.15) is 11.4 Å². The molecular formula is C28H22FN3O4S. The van der Waals surface area contributed by atoms with Crippen molar-refractivity contribution < 1.29 is 17.0 Å². The molecule has 9 heteroatoms. The SMILES string of the molecule is C#Cc1ccc2c(c1)[nH]c1c2c(=O)c2cc(OCC)c(-c3cccc(S(=O)(=O)F)c3)cc2n1C1CNC1. The molecule has 37 heavy (non-hydrogen) atoms. The van der Waals surface area contributed by atoms with Gasteiger partial charge >= 0.3 is 10.2 Å². The van der Waals surface area contributed by atoms with Gasteiger partial charge in [0.05, 0.1) is 33.8 Å². The lowest BCUT2D eigenvalue weighted by Crippen LogP contribution is -2.44. The number of H-pyrrole nitrogens is 1. The monoisotopic (exact) mass is 515 g/mol. The van der Waals surface area contributed by atoms with Gasteiger partial charge in [-0.15, -0.1) is 10.3 Å². The van der Waals surface area contributed by atoms with E-state index in [0.29, 0.717) is 51.0 Å². The summed E-state index contributed by atoms with van der Waals surface area (Å²) >= 11 is 0. The Morgan fingerprint density at radius 2 is 1.95 bits per heavy atom. The molecule has 0 aliphatic carbocycles. The summed E-state index contributed by atoms with van der Waals surface area (Å²) in [5.74, 6) is 3.04. The number of ether oxygens (including phenoxy) is 1. The van der Waals surface area contributed by atoms with E-state index in [-0.39, 0.29) is 11.5 Å². The number of aromatic amines is 1. The van der Waals surface area contributed by atoms with Crippen molar-refractivity contribution in [2.75, 3.05) is 19.7 Å². The molecule has 1 saturated heterocycles. The van der Waals surface area contributed by atoms with Gasteiger partial charge in [0.15, 0.2) is 5.43 Å². The first-order valence-electron chi connectivity index (χ1n) is 11.8. The summed E-state index contributed by atoms with van der Waals surface area (Å²) in [6.07, 6.45) is 5.60. The van der Waals surface area contributed by atoms with Crippen LogP contribution in [0.2, 0.25) is 0 Å². The van der Waals surface area contributed by atoms with Crippen LogP contribution < -0.4 is 15.5 Å². The van der Waals surface area contributed by atoms with Gasteiger partial charge in [0, 0.05) is 35.1 Å². The standard InChI is InChI=1S/C28H22FN3O4S/c1-3-16-8-9-20-23(10-16)31-28-26(20)27(33)22-13-25(36-4-2)21(12-24(22)32(28)18-14-30-15-18)17-6-5-7-19(11-17)37(29,34)35/h1,5-13,18,30-31H,4,14-15H2,2H3. The van der Waals surface area contributed by atoms with Gasteiger partial charge in [-0.3, -0.25) is 4.79 Å². The molecule has 0 bridgehead atoms. The number of aromatic nitrogens is 2. The van der Waals surface area contributed by atoms with Crippen molar-refractivity contribution in [3.8, 4) is 29.2 Å². The Morgan fingerprint density at radius 1 is 1.14 bits per heavy atom. The van der Waals surface area contributed by atoms with E-state index in [9.17, 15) is 17.1 Å². The Hall–Kier alpha value is -4.13. The molecule has 2 N–H and O–H groups in total. The van der Waals surface area contributed by atoms with Crippen LogP contribution in [0, 0.1) is 12.3 Å². The highest BCUT2D eigenvalue weighted by Crippen LogP contribution is 2.38. The zero-order valence-electron chi connectivity index (χ0n) is 19.8. The predicted octanol–water partition coefficient (Wildman–Crippen LogP) is 4.49. The number of nitrogens with zero attached hydrogens (tertiary/aromatic N) is 1. The molecule has 3 heterocycles. The van der Waals surface area contributed by atoms with Crippen molar-refractivity contribution in [3.05, 3.63) is 70.4 Å². The smallest absolute Gasteiger partial charge is 0.332 e. The molecule has 2 aromatic heterocycles. The fourth-order valence-corrected chi connectivity index (χ4v) is 5.55. The molecule has 0 spiro atoms. The van der Waals surface area contributed by atoms with Crippen LogP contribution in [0.4, 0.5) is 3.89 Å². The molecule has 0 atom stereocenters. The van der Waals surface area contributed by atoms with Crippen molar-refractivity contribution in [1.82, 2.24) is 14.9 Å². The first-order valence-corrected chi connectivity index (χ1v) is 13.2. The van der Waals surface area contributed by atoms with E-state index in [2.05, 4.69) is 20.8 Å². The Bertz CT molecular complexity index is 1950. The fourth-order valence-electron chi connectivity index (χ4n) is 5.04. The number of hydrogen-bond donors (Lipinski definition) is 2. The molecule has 1 aliphatic rings. The summed E-state index contributed by atoms with van der Waals surface area (Å²) < 4.78 is 45.0. The highest BCUT2D eigenvalue weighted by molar-refractivity contribution is 7.86. The van der Waals surface area contributed by atoms with Gasteiger partial charge < -0.3 is 19.6 Å². The van der Waals surface area contributed by atoms with Crippen LogP contribution >= 0.6 is 0 Å². The van der Waals surface area contributed by atoms with Crippen molar-refractivity contribution in [1.29, 1.82) is 0 Å². The second kappa shape index (κ2) is 8.47. The largest absolute Gasteiger partial charge is 0.493 e. The molecule has 0 saturated carbocycles. The molecule has 0 amide bonds. The van der Waals surface area contributed by atoms with E-state index >= 15 is 0 Å². The van der Waals surface area contributed by atoms with Gasteiger partial charge in [-0.1, -0.05) is 24.1 Å². The van der Waals surface area contributed by atoms with Crippen LogP contribution in [-0.4, -0.2) is 37.7 Å². The average Bonchev–Trinajstić information content (AvgIpc) is 3.23. The molecule has 186 valence electrons. The molecule has 1 aliphatic heterocycles. The van der Waals surface area contributed by atoms with Crippen LogP contribution in [0.25, 0.3) is 44.0 Å². The van der Waals surface area contributed by atoms with Crippen LogP contribution in [0.3, 0.4) is 0 Å². The van der Waals surface area contributed by atoms with E-state index in [1.165, 1.54) is 18.2 Å². The number of halogens is 1.